The van der Waals surface area contributed by atoms with E-state index >= 15 is 0 Å². The van der Waals surface area contributed by atoms with E-state index in [4.69, 9.17) is 21.9 Å². The van der Waals surface area contributed by atoms with E-state index in [0.717, 1.165) is 30.9 Å². The van der Waals surface area contributed by atoms with Crippen molar-refractivity contribution in [2.45, 2.75) is 19.5 Å². The predicted octanol–water partition coefficient (Wildman–Crippen LogP) is 4.71. The average molecular weight is 469 g/mol. The molecule has 8 heteroatoms. The lowest BCUT2D eigenvalue weighted by atomic mass is 10.00. The second-order valence-corrected chi connectivity index (χ2v) is 8.32. The number of nitrogens with one attached hydrogen (secondary N) is 2. The minimum Gasteiger partial charge on any atom is -0.439 e. The summed E-state index contributed by atoms with van der Waals surface area (Å²) in [7, 11) is 0. The number of pyridine rings is 1. The maximum Gasteiger partial charge on any atom is 0.234 e. The summed E-state index contributed by atoms with van der Waals surface area (Å²) in [5.74, 6) is 2.32. The molecule has 0 amide bonds. The topological polar surface area (TPSA) is 75.2 Å². The summed E-state index contributed by atoms with van der Waals surface area (Å²) in [6.07, 6.45) is 4.50. The maximum atomic E-state index is 6.04. The molecule has 0 spiro atoms. The molecule has 1 aliphatic heterocycles. The van der Waals surface area contributed by atoms with Crippen LogP contribution in [0.15, 0.2) is 85.2 Å². The lowest BCUT2D eigenvalue weighted by Crippen LogP contribution is -2.32. The number of hydrogen-bond acceptors (Lipinski definition) is 6. The highest BCUT2D eigenvalue weighted by molar-refractivity contribution is 7.80. The van der Waals surface area contributed by atoms with Crippen LogP contribution in [0.3, 0.4) is 0 Å². The molecule has 5 rings (SSSR count). The van der Waals surface area contributed by atoms with Gasteiger partial charge in [-0.15, -0.1) is 0 Å². The number of nitrogens with zero attached hydrogens (tertiary/aromatic N) is 4. The van der Waals surface area contributed by atoms with Crippen LogP contribution in [-0.2, 0) is 19.5 Å². The number of benzene rings is 2. The second-order valence-electron chi connectivity index (χ2n) is 7.91. The van der Waals surface area contributed by atoms with Crippen LogP contribution in [0.2, 0.25) is 0 Å². The molecule has 1 aliphatic rings. The summed E-state index contributed by atoms with van der Waals surface area (Å²) in [4.78, 5) is 15.7. The van der Waals surface area contributed by atoms with Gasteiger partial charge in [-0.25, -0.2) is 0 Å². The van der Waals surface area contributed by atoms with Crippen molar-refractivity contribution < 1.29 is 4.74 Å². The third-order valence-corrected chi connectivity index (χ3v) is 5.76. The van der Waals surface area contributed by atoms with Crippen LogP contribution >= 0.6 is 12.2 Å². The fourth-order valence-corrected chi connectivity index (χ4v) is 3.98. The van der Waals surface area contributed by atoms with Crippen molar-refractivity contribution in [2.24, 2.45) is 0 Å². The lowest BCUT2D eigenvalue weighted by molar-refractivity contribution is 0.462. The van der Waals surface area contributed by atoms with E-state index in [1.807, 2.05) is 48.5 Å². The number of hydrogen-bond donors (Lipinski definition) is 2. The van der Waals surface area contributed by atoms with E-state index in [9.17, 15) is 0 Å². The van der Waals surface area contributed by atoms with Gasteiger partial charge in [0, 0.05) is 38.1 Å². The summed E-state index contributed by atoms with van der Waals surface area (Å²) in [5, 5.41) is 6.71. The minimum absolute atomic E-state index is 0.381. The van der Waals surface area contributed by atoms with E-state index in [1.165, 1.54) is 11.1 Å². The Balaban J connectivity index is 1.36. The fraction of sp³-hybridized carbons (Fsp3) is 0.154. The summed E-state index contributed by atoms with van der Waals surface area (Å²) in [6, 6.07) is 23.9. The molecule has 34 heavy (non-hydrogen) atoms. The number of fused-ring (bicyclic) bond motifs is 1. The number of aromatic nitrogens is 3. The van der Waals surface area contributed by atoms with Crippen molar-refractivity contribution in [3.8, 4) is 11.6 Å². The smallest absolute Gasteiger partial charge is 0.234 e. The highest BCUT2D eigenvalue weighted by atomic mass is 32.1. The number of thiocarbonyl (C=S) groups is 1. The van der Waals surface area contributed by atoms with Crippen molar-refractivity contribution in [3.63, 3.8) is 0 Å². The molecule has 0 saturated heterocycles. The summed E-state index contributed by atoms with van der Waals surface area (Å²) >= 11 is 5.48. The number of ether oxygens (including phenoxy) is 1. The fourth-order valence-electron chi connectivity index (χ4n) is 3.81. The maximum absolute atomic E-state index is 6.04. The highest BCUT2D eigenvalue weighted by Crippen LogP contribution is 2.28. The van der Waals surface area contributed by atoms with Gasteiger partial charge in [0.2, 0.25) is 11.8 Å². The van der Waals surface area contributed by atoms with Gasteiger partial charge < -0.3 is 20.3 Å². The van der Waals surface area contributed by atoms with Crippen LogP contribution in [0.25, 0.3) is 0 Å². The molecule has 4 aromatic rings. The van der Waals surface area contributed by atoms with Gasteiger partial charge in [0.15, 0.2) is 5.11 Å². The minimum atomic E-state index is 0.381. The molecule has 0 radical (unpaired) electrons. The van der Waals surface area contributed by atoms with Gasteiger partial charge in [-0.2, -0.15) is 9.97 Å². The molecule has 0 saturated carbocycles. The molecular formula is C26H24N6OS. The molecule has 0 atom stereocenters. The van der Waals surface area contributed by atoms with Crippen LogP contribution in [0.1, 0.15) is 16.7 Å². The Morgan fingerprint density at radius 2 is 1.79 bits per heavy atom. The van der Waals surface area contributed by atoms with Gasteiger partial charge in [-0.1, -0.05) is 48.5 Å². The van der Waals surface area contributed by atoms with E-state index in [2.05, 4.69) is 49.8 Å². The Kier molecular flexibility index (Phi) is 6.58. The van der Waals surface area contributed by atoms with Gasteiger partial charge in [0.05, 0.1) is 0 Å². The Bertz CT molecular complexity index is 1270. The van der Waals surface area contributed by atoms with Crippen molar-refractivity contribution in [2.75, 3.05) is 16.8 Å². The van der Waals surface area contributed by atoms with Crippen molar-refractivity contribution in [1.82, 2.24) is 20.3 Å². The molecule has 2 aromatic heterocycles. The zero-order chi connectivity index (χ0) is 23.2. The SMILES string of the molecule is S=C(NCc1cccnc1)Nc1nc(Oc2ccccc2)cc(N2CCc3ccccc3C2)n1. The molecule has 3 heterocycles. The van der Waals surface area contributed by atoms with Crippen molar-refractivity contribution >= 4 is 29.1 Å². The quantitative estimate of drug-likeness (QED) is 0.394. The first kappa shape index (κ1) is 21.8. The first-order valence-corrected chi connectivity index (χ1v) is 11.5. The summed E-state index contributed by atoms with van der Waals surface area (Å²) in [5.41, 5.74) is 3.72. The van der Waals surface area contributed by atoms with E-state index in [0.29, 0.717) is 29.2 Å². The first-order valence-electron chi connectivity index (χ1n) is 11.1. The Hall–Kier alpha value is -4.04. The normalized spacial score (nSPS) is 12.5. The number of rotatable bonds is 6. The van der Waals surface area contributed by atoms with Crippen LogP contribution < -0.4 is 20.3 Å². The molecule has 170 valence electrons. The van der Waals surface area contributed by atoms with Crippen LogP contribution in [0.5, 0.6) is 11.6 Å². The Labute approximate surface area is 203 Å². The molecule has 2 N–H and O–H groups in total. The molecule has 0 fully saturated rings. The molecule has 0 aliphatic carbocycles. The number of anilines is 2. The van der Waals surface area contributed by atoms with Gasteiger partial charge >= 0.3 is 0 Å². The van der Waals surface area contributed by atoms with E-state index in [1.54, 1.807) is 12.4 Å². The van der Waals surface area contributed by atoms with Crippen LogP contribution in [0.4, 0.5) is 11.8 Å². The van der Waals surface area contributed by atoms with Crippen molar-refractivity contribution in [3.05, 3.63) is 102 Å². The first-order chi connectivity index (χ1) is 16.7. The summed E-state index contributed by atoms with van der Waals surface area (Å²) < 4.78 is 6.04. The van der Waals surface area contributed by atoms with Crippen LogP contribution in [-0.4, -0.2) is 26.6 Å². The van der Waals surface area contributed by atoms with E-state index < -0.39 is 0 Å². The highest BCUT2D eigenvalue weighted by Gasteiger charge is 2.19. The predicted molar refractivity (Wildman–Crippen MR) is 137 cm³/mol. The van der Waals surface area contributed by atoms with Crippen molar-refractivity contribution in [1.29, 1.82) is 0 Å². The van der Waals surface area contributed by atoms with Gasteiger partial charge in [-0.05, 0) is 53.5 Å². The third kappa shape index (κ3) is 5.47. The standard InChI is InChI=1S/C26H24N6OS/c34-26(28-17-19-7-6-13-27-16-19)31-25-29-23(15-24(30-25)33-22-10-2-1-3-11-22)32-14-12-20-8-4-5-9-21(20)18-32/h1-11,13,15-16H,12,14,17-18H2,(H2,28,29,30,31,34). The van der Waals surface area contributed by atoms with Crippen LogP contribution in [0, 0.1) is 0 Å². The monoisotopic (exact) mass is 468 g/mol. The molecule has 7 nitrogen and oxygen atoms in total. The Morgan fingerprint density at radius 1 is 0.971 bits per heavy atom. The summed E-state index contributed by atoms with van der Waals surface area (Å²) in [6.45, 7) is 2.19. The molecular weight excluding hydrogens is 444 g/mol. The average Bonchev–Trinajstić information content (AvgIpc) is 2.88. The van der Waals surface area contributed by atoms with Gasteiger partial charge in [0.25, 0.3) is 0 Å². The van der Waals surface area contributed by atoms with Gasteiger partial charge in [0.1, 0.15) is 11.6 Å². The second kappa shape index (κ2) is 10.3. The lowest BCUT2D eigenvalue weighted by Gasteiger charge is -2.30. The molecule has 0 bridgehead atoms. The number of para-hydroxylation sites is 1. The molecule has 2 aromatic carbocycles. The zero-order valence-electron chi connectivity index (χ0n) is 18.5. The largest absolute Gasteiger partial charge is 0.439 e. The third-order valence-electron chi connectivity index (χ3n) is 5.51. The Morgan fingerprint density at radius 3 is 2.62 bits per heavy atom. The van der Waals surface area contributed by atoms with E-state index in [-0.39, 0.29) is 0 Å². The van der Waals surface area contributed by atoms with Gasteiger partial charge in [-0.3, -0.25) is 4.98 Å². The molecule has 0 unspecified atom stereocenters. The zero-order valence-corrected chi connectivity index (χ0v) is 19.3.